The summed E-state index contributed by atoms with van der Waals surface area (Å²) in [5.74, 6) is -0.203. The fourth-order valence-electron chi connectivity index (χ4n) is 0.955. The molecule has 0 heterocycles. The molecule has 0 fully saturated rings. The summed E-state index contributed by atoms with van der Waals surface area (Å²) in [5.41, 5.74) is 6.33. The van der Waals surface area contributed by atoms with Crippen LogP contribution in [0.25, 0.3) is 0 Å². The van der Waals surface area contributed by atoms with Gasteiger partial charge in [-0.15, -0.1) is 0 Å². The molecule has 0 aromatic heterocycles. The van der Waals surface area contributed by atoms with E-state index in [-0.39, 0.29) is 16.8 Å². The zero-order chi connectivity index (χ0) is 9.14. The minimum absolute atomic E-state index is 0.156. The topological polar surface area (TPSA) is 26.0 Å². The molecule has 0 saturated heterocycles. The molecule has 0 amide bonds. The fraction of sp³-hybridized carbons (Fsp3) is 0.333. The van der Waals surface area contributed by atoms with Crippen LogP contribution in [0.4, 0.5) is 4.39 Å². The van der Waals surface area contributed by atoms with Gasteiger partial charge in [0.05, 0.1) is 5.02 Å². The van der Waals surface area contributed by atoms with Gasteiger partial charge in [-0.2, -0.15) is 0 Å². The number of hydrogen-bond donors (Lipinski definition) is 1. The summed E-state index contributed by atoms with van der Waals surface area (Å²) in [6.07, 6.45) is 0. The van der Waals surface area contributed by atoms with E-state index in [1.165, 1.54) is 6.07 Å². The highest BCUT2D eigenvalue weighted by Gasteiger charge is 2.05. The second-order valence-corrected chi connectivity index (χ2v) is 3.22. The molecule has 1 nitrogen and oxygen atoms in total. The van der Waals surface area contributed by atoms with Gasteiger partial charge in [0, 0.05) is 0 Å². The number of halogens is 2. The van der Waals surface area contributed by atoms with Crippen LogP contribution in [0.1, 0.15) is 18.4 Å². The molecule has 0 saturated carbocycles. The molecule has 0 spiro atoms. The quantitative estimate of drug-likeness (QED) is 0.757. The Hall–Kier alpha value is -0.600. The smallest absolute Gasteiger partial charge is 0.142 e. The first-order valence-electron chi connectivity index (χ1n) is 3.80. The molecule has 1 aromatic carbocycles. The average Bonchev–Trinajstić information content (AvgIpc) is 2.08. The van der Waals surface area contributed by atoms with Crippen molar-refractivity contribution in [1.29, 1.82) is 0 Å². The first-order chi connectivity index (χ1) is 5.65. The van der Waals surface area contributed by atoms with Crippen molar-refractivity contribution < 1.29 is 4.39 Å². The van der Waals surface area contributed by atoms with E-state index in [1.54, 1.807) is 12.1 Å². The van der Waals surface area contributed by atoms with Crippen molar-refractivity contribution in [2.45, 2.75) is 12.8 Å². The number of hydrogen-bond acceptors (Lipinski definition) is 1. The second-order valence-electron chi connectivity index (χ2n) is 2.81. The summed E-state index contributed by atoms with van der Waals surface area (Å²) in [7, 11) is 0. The Morgan fingerprint density at radius 3 is 2.75 bits per heavy atom. The second kappa shape index (κ2) is 3.87. The summed E-state index contributed by atoms with van der Waals surface area (Å²) in [4.78, 5) is 0. The van der Waals surface area contributed by atoms with Crippen LogP contribution in [0, 0.1) is 5.82 Å². The summed E-state index contributed by atoms with van der Waals surface area (Å²) in [6, 6.07) is 4.78. The zero-order valence-corrected chi connectivity index (χ0v) is 7.61. The van der Waals surface area contributed by atoms with Crippen LogP contribution in [0.5, 0.6) is 0 Å². The Morgan fingerprint density at radius 1 is 1.58 bits per heavy atom. The Balaban J connectivity index is 2.96. The Labute approximate surface area is 76.3 Å². The Bertz CT molecular complexity index is 275. The molecule has 2 N–H and O–H groups in total. The molecule has 0 aliphatic carbocycles. The molecule has 0 bridgehead atoms. The van der Waals surface area contributed by atoms with Gasteiger partial charge in [0.2, 0.25) is 0 Å². The number of benzene rings is 1. The van der Waals surface area contributed by atoms with Crippen molar-refractivity contribution in [2.75, 3.05) is 6.54 Å². The van der Waals surface area contributed by atoms with Crippen molar-refractivity contribution in [3.63, 3.8) is 0 Å². The highest BCUT2D eigenvalue weighted by Crippen LogP contribution is 2.20. The van der Waals surface area contributed by atoms with Gasteiger partial charge < -0.3 is 5.73 Å². The minimum Gasteiger partial charge on any atom is -0.330 e. The van der Waals surface area contributed by atoms with E-state index in [2.05, 4.69) is 0 Å². The molecule has 1 aromatic rings. The summed E-state index contributed by atoms with van der Waals surface area (Å²) >= 11 is 5.52. The van der Waals surface area contributed by atoms with Crippen molar-refractivity contribution in [1.82, 2.24) is 0 Å². The van der Waals surface area contributed by atoms with E-state index in [4.69, 9.17) is 17.3 Å². The Kier molecular flexibility index (Phi) is 3.06. The molecule has 0 aliphatic heterocycles. The molecule has 1 atom stereocenters. The summed E-state index contributed by atoms with van der Waals surface area (Å²) in [5, 5.41) is 0.156. The van der Waals surface area contributed by atoms with E-state index in [1.807, 2.05) is 6.92 Å². The molecule has 12 heavy (non-hydrogen) atoms. The lowest BCUT2D eigenvalue weighted by molar-refractivity contribution is 0.622. The fourth-order valence-corrected chi connectivity index (χ4v) is 1.07. The lowest BCUT2D eigenvalue weighted by Gasteiger charge is -2.08. The van der Waals surface area contributed by atoms with Crippen LogP contribution in [0.2, 0.25) is 5.02 Å². The van der Waals surface area contributed by atoms with Crippen LogP contribution >= 0.6 is 11.6 Å². The van der Waals surface area contributed by atoms with Gasteiger partial charge in [0.25, 0.3) is 0 Å². The molecular formula is C9H11ClFN. The molecule has 1 unspecified atom stereocenters. The first-order valence-corrected chi connectivity index (χ1v) is 4.18. The molecule has 0 radical (unpaired) electrons. The standard InChI is InChI=1S/C9H11ClFN/c1-6(5-12)7-2-3-8(10)9(11)4-7/h2-4,6H,5,12H2,1H3. The SMILES string of the molecule is CC(CN)c1ccc(Cl)c(F)c1. The third-order valence-electron chi connectivity index (χ3n) is 1.87. The largest absolute Gasteiger partial charge is 0.330 e. The highest BCUT2D eigenvalue weighted by molar-refractivity contribution is 6.30. The highest BCUT2D eigenvalue weighted by atomic mass is 35.5. The van der Waals surface area contributed by atoms with E-state index < -0.39 is 0 Å². The predicted octanol–water partition coefficient (Wildman–Crippen LogP) is 2.54. The van der Waals surface area contributed by atoms with Crippen LogP contribution in [0.3, 0.4) is 0 Å². The van der Waals surface area contributed by atoms with Gasteiger partial charge in [-0.1, -0.05) is 24.6 Å². The van der Waals surface area contributed by atoms with Crippen LogP contribution in [-0.2, 0) is 0 Å². The van der Waals surface area contributed by atoms with Gasteiger partial charge in [0.15, 0.2) is 0 Å². The van der Waals surface area contributed by atoms with Crippen LogP contribution in [-0.4, -0.2) is 6.54 Å². The van der Waals surface area contributed by atoms with Gasteiger partial charge in [0.1, 0.15) is 5.82 Å². The summed E-state index contributed by atoms with van der Waals surface area (Å²) in [6.45, 7) is 2.46. The summed E-state index contributed by atoms with van der Waals surface area (Å²) < 4.78 is 12.9. The minimum atomic E-state index is -0.380. The third kappa shape index (κ3) is 1.96. The Morgan fingerprint density at radius 2 is 2.25 bits per heavy atom. The third-order valence-corrected chi connectivity index (χ3v) is 2.17. The molecular weight excluding hydrogens is 177 g/mol. The van der Waals surface area contributed by atoms with E-state index in [0.717, 1.165) is 5.56 Å². The van der Waals surface area contributed by atoms with E-state index in [9.17, 15) is 4.39 Å². The van der Waals surface area contributed by atoms with Gasteiger partial charge in [-0.05, 0) is 30.2 Å². The maximum atomic E-state index is 12.9. The van der Waals surface area contributed by atoms with Crippen LogP contribution < -0.4 is 5.73 Å². The molecule has 0 aliphatic rings. The molecule has 66 valence electrons. The first kappa shape index (κ1) is 9.49. The molecule has 3 heteroatoms. The zero-order valence-electron chi connectivity index (χ0n) is 6.85. The normalized spacial score (nSPS) is 13.0. The van der Waals surface area contributed by atoms with Gasteiger partial charge in [-0.25, -0.2) is 4.39 Å². The lowest BCUT2D eigenvalue weighted by atomic mass is 10.0. The monoisotopic (exact) mass is 187 g/mol. The maximum absolute atomic E-state index is 12.9. The van der Waals surface area contributed by atoms with Crippen molar-refractivity contribution in [3.05, 3.63) is 34.6 Å². The van der Waals surface area contributed by atoms with Crippen LogP contribution in [0.15, 0.2) is 18.2 Å². The van der Waals surface area contributed by atoms with Gasteiger partial charge >= 0.3 is 0 Å². The molecule has 1 rings (SSSR count). The number of nitrogens with two attached hydrogens (primary N) is 1. The lowest BCUT2D eigenvalue weighted by Crippen LogP contribution is -2.08. The maximum Gasteiger partial charge on any atom is 0.142 e. The van der Waals surface area contributed by atoms with Crippen molar-refractivity contribution in [3.8, 4) is 0 Å². The average molecular weight is 188 g/mol. The predicted molar refractivity (Wildman–Crippen MR) is 48.9 cm³/mol. The van der Waals surface area contributed by atoms with E-state index >= 15 is 0 Å². The van der Waals surface area contributed by atoms with Gasteiger partial charge in [-0.3, -0.25) is 0 Å². The van der Waals surface area contributed by atoms with Crippen molar-refractivity contribution in [2.24, 2.45) is 5.73 Å². The van der Waals surface area contributed by atoms with E-state index in [0.29, 0.717) is 6.54 Å². The van der Waals surface area contributed by atoms with Crippen molar-refractivity contribution >= 4 is 11.6 Å². The number of rotatable bonds is 2.